The predicted molar refractivity (Wildman–Crippen MR) is 154 cm³/mol. The van der Waals surface area contributed by atoms with Gasteiger partial charge in [-0.2, -0.15) is 0 Å². The van der Waals surface area contributed by atoms with E-state index in [4.69, 9.17) is 14.2 Å². The summed E-state index contributed by atoms with van der Waals surface area (Å²) in [5.74, 6) is 3.61. The number of methoxy groups -OCH3 is 2. The van der Waals surface area contributed by atoms with Crippen LogP contribution in [0, 0.1) is 0 Å². The molecule has 0 spiro atoms. The fourth-order valence-electron chi connectivity index (χ4n) is 6.96. The summed E-state index contributed by atoms with van der Waals surface area (Å²) in [7, 11) is 2.78. The number of rotatable bonds is 6. The van der Waals surface area contributed by atoms with Crippen LogP contribution in [0.25, 0.3) is 11.1 Å². The van der Waals surface area contributed by atoms with Gasteiger partial charge in [-0.3, -0.25) is 0 Å². The molecule has 3 aliphatic rings. The molecular weight excluding hydrogens is 479 g/mol. The topological polar surface area (TPSA) is 47.9 Å². The first kappa shape index (κ1) is 26.8. The normalized spacial score (nSPS) is 22.8. The molecule has 1 aliphatic heterocycles. The minimum atomic E-state index is -0.954. The molecule has 0 bridgehead atoms. The molecule has 2 aliphatic carbocycles. The van der Waals surface area contributed by atoms with E-state index in [-0.39, 0.29) is 11.0 Å². The van der Waals surface area contributed by atoms with Crippen LogP contribution in [0.2, 0.25) is 0 Å². The molecule has 2 fully saturated rings. The Labute approximate surface area is 224 Å². The van der Waals surface area contributed by atoms with Crippen molar-refractivity contribution in [2.75, 3.05) is 14.2 Å². The second kappa shape index (κ2) is 10.1. The highest BCUT2D eigenvalue weighted by atomic mass is 31.1. The van der Waals surface area contributed by atoms with Crippen molar-refractivity contribution in [3.05, 3.63) is 35.4 Å². The molecular formula is C32H45O4P. The Morgan fingerprint density at radius 2 is 1.35 bits per heavy atom. The van der Waals surface area contributed by atoms with Crippen molar-refractivity contribution in [2.24, 2.45) is 0 Å². The zero-order valence-electron chi connectivity index (χ0n) is 23.8. The van der Waals surface area contributed by atoms with E-state index < -0.39 is 13.5 Å². The Hall–Kier alpha value is -1.77. The van der Waals surface area contributed by atoms with Crippen molar-refractivity contribution in [3.8, 4) is 28.4 Å². The quantitative estimate of drug-likeness (QED) is 0.388. The Bertz CT molecular complexity index is 1090. The number of aliphatic hydroxyl groups is 1. The van der Waals surface area contributed by atoms with Gasteiger partial charge in [0.2, 0.25) is 0 Å². The summed E-state index contributed by atoms with van der Waals surface area (Å²) in [6.45, 7) is 10.6. The lowest BCUT2D eigenvalue weighted by molar-refractivity contribution is 0.0103. The zero-order valence-corrected chi connectivity index (χ0v) is 24.7. The van der Waals surface area contributed by atoms with Crippen molar-refractivity contribution < 1.29 is 19.3 Å². The summed E-state index contributed by atoms with van der Waals surface area (Å²) in [6, 6.07) is 8.84. The summed E-state index contributed by atoms with van der Waals surface area (Å²) >= 11 is 0. The molecule has 2 aromatic rings. The van der Waals surface area contributed by atoms with Gasteiger partial charge in [0.05, 0.1) is 19.8 Å². The van der Waals surface area contributed by atoms with Gasteiger partial charge in [0.15, 0.2) is 0 Å². The Morgan fingerprint density at radius 1 is 0.838 bits per heavy atom. The number of fused-ring (bicyclic) bond motifs is 1. The van der Waals surface area contributed by atoms with Crippen LogP contribution in [0.4, 0.5) is 0 Å². The first-order valence-corrected chi connectivity index (χ1v) is 15.6. The highest BCUT2D eigenvalue weighted by Crippen LogP contribution is 2.63. The lowest BCUT2D eigenvalue weighted by Gasteiger charge is -2.38. The van der Waals surface area contributed by atoms with E-state index in [1.165, 1.54) is 67.8 Å². The van der Waals surface area contributed by atoms with Crippen LogP contribution >= 0.6 is 7.92 Å². The van der Waals surface area contributed by atoms with E-state index in [0.29, 0.717) is 11.8 Å². The van der Waals surface area contributed by atoms with Crippen LogP contribution in [0.15, 0.2) is 24.3 Å². The highest BCUT2D eigenvalue weighted by Gasteiger charge is 2.49. The smallest absolute Gasteiger partial charge is 0.150 e. The van der Waals surface area contributed by atoms with E-state index >= 15 is 0 Å². The molecule has 37 heavy (non-hydrogen) atoms. The van der Waals surface area contributed by atoms with Crippen molar-refractivity contribution >= 4 is 13.2 Å². The molecule has 0 radical (unpaired) electrons. The van der Waals surface area contributed by atoms with E-state index in [1.807, 2.05) is 28.1 Å². The van der Waals surface area contributed by atoms with Gasteiger partial charge in [0.1, 0.15) is 28.7 Å². The lowest BCUT2D eigenvalue weighted by atomic mass is 9.85. The number of benzene rings is 2. The number of ether oxygens (including phenoxy) is 3. The minimum Gasteiger partial charge on any atom is -0.496 e. The van der Waals surface area contributed by atoms with E-state index in [1.54, 1.807) is 0 Å². The lowest BCUT2D eigenvalue weighted by Crippen LogP contribution is -2.40. The third-order valence-electron chi connectivity index (χ3n) is 8.60. The molecule has 0 aromatic heterocycles. The number of hydrogen-bond acceptors (Lipinski definition) is 4. The van der Waals surface area contributed by atoms with E-state index in [9.17, 15) is 5.11 Å². The van der Waals surface area contributed by atoms with Gasteiger partial charge in [0.25, 0.3) is 0 Å². The highest BCUT2D eigenvalue weighted by molar-refractivity contribution is 7.68. The molecule has 0 saturated heterocycles. The van der Waals surface area contributed by atoms with Gasteiger partial charge < -0.3 is 19.3 Å². The van der Waals surface area contributed by atoms with E-state index in [0.717, 1.165) is 28.4 Å². The molecule has 2 aromatic carbocycles. The van der Waals surface area contributed by atoms with Gasteiger partial charge in [-0.05, 0) is 87.7 Å². The maximum atomic E-state index is 11.2. The minimum absolute atomic E-state index is 0.0564. The summed E-state index contributed by atoms with van der Waals surface area (Å²) in [5, 5.41) is 12.4. The van der Waals surface area contributed by atoms with E-state index in [2.05, 4.69) is 45.0 Å². The van der Waals surface area contributed by atoms with Gasteiger partial charge in [-0.25, -0.2) is 0 Å². The van der Waals surface area contributed by atoms with Crippen LogP contribution in [-0.4, -0.2) is 35.9 Å². The van der Waals surface area contributed by atoms with Gasteiger partial charge in [-0.15, -0.1) is 0 Å². The van der Waals surface area contributed by atoms with Crippen molar-refractivity contribution in [1.82, 2.24) is 0 Å². The SMILES string of the molecule is COc1c(C2CCCC2)cc(C2CCCC2)c(OC)c1-c1cccc2c1P(C(C)(C)C)C(C(C)(C)O)O2. The average molecular weight is 525 g/mol. The third-order valence-corrected chi connectivity index (χ3v) is 12.2. The van der Waals surface area contributed by atoms with Gasteiger partial charge in [-0.1, -0.05) is 58.6 Å². The fourth-order valence-corrected chi connectivity index (χ4v) is 10.2. The molecule has 5 rings (SSSR count). The summed E-state index contributed by atoms with van der Waals surface area (Å²) in [4.78, 5) is 0. The summed E-state index contributed by atoms with van der Waals surface area (Å²) in [5.41, 5.74) is 3.99. The number of hydrogen-bond donors (Lipinski definition) is 1. The molecule has 2 unspecified atom stereocenters. The van der Waals surface area contributed by atoms with Crippen molar-refractivity contribution in [3.63, 3.8) is 0 Å². The zero-order chi connectivity index (χ0) is 26.5. The summed E-state index contributed by atoms with van der Waals surface area (Å²) in [6.07, 6.45) is 10.0. The van der Waals surface area contributed by atoms with Crippen LogP contribution in [-0.2, 0) is 0 Å². The first-order valence-electron chi connectivity index (χ1n) is 14.2. The third kappa shape index (κ3) is 4.78. The molecule has 2 saturated carbocycles. The largest absolute Gasteiger partial charge is 0.496 e. The average Bonchev–Trinajstić information content (AvgIpc) is 3.61. The van der Waals surface area contributed by atoms with Crippen LogP contribution in [0.3, 0.4) is 0 Å². The standard InChI is InChI=1S/C32H45O4P/c1-31(2,3)37-29-22(17-12-18-25(29)36-30(37)32(4,5)33)26-27(34-6)23(20-13-8-9-14-20)19-24(28(26)35-7)21-15-10-11-16-21/h12,17-21,30,33H,8-11,13-16H2,1-7H3. The molecule has 5 heteroatoms. The van der Waals surface area contributed by atoms with Crippen LogP contribution in [0.5, 0.6) is 17.2 Å². The monoisotopic (exact) mass is 524 g/mol. The van der Waals surface area contributed by atoms with Crippen LogP contribution < -0.4 is 19.5 Å². The Morgan fingerprint density at radius 3 is 1.78 bits per heavy atom. The predicted octanol–water partition coefficient (Wildman–Crippen LogP) is 8.08. The second-order valence-electron chi connectivity index (χ2n) is 12.8. The second-order valence-corrected chi connectivity index (χ2v) is 15.8. The molecule has 0 amide bonds. The molecule has 4 nitrogen and oxygen atoms in total. The maximum Gasteiger partial charge on any atom is 0.150 e. The van der Waals surface area contributed by atoms with Gasteiger partial charge >= 0.3 is 0 Å². The first-order chi connectivity index (χ1) is 17.6. The van der Waals surface area contributed by atoms with Crippen LogP contribution in [0.1, 0.15) is 109 Å². The van der Waals surface area contributed by atoms with Crippen molar-refractivity contribution in [2.45, 2.75) is 114 Å². The molecule has 1 N–H and O–H groups in total. The van der Waals surface area contributed by atoms with Gasteiger partial charge in [0, 0.05) is 10.9 Å². The molecule has 1 heterocycles. The molecule has 202 valence electrons. The Kier molecular flexibility index (Phi) is 7.31. The summed E-state index contributed by atoms with van der Waals surface area (Å²) < 4.78 is 19.2. The maximum absolute atomic E-state index is 11.2. The molecule has 2 atom stereocenters. The van der Waals surface area contributed by atoms with Crippen molar-refractivity contribution in [1.29, 1.82) is 0 Å². The fraction of sp³-hybridized carbons (Fsp3) is 0.625. The Balaban J connectivity index is 1.81.